The topological polar surface area (TPSA) is 17.0 Å². The molecule has 0 aliphatic heterocycles. The number of hydrogen-bond donors (Lipinski definition) is 0. The van der Waals surface area contributed by atoms with E-state index in [0.29, 0.717) is 23.3 Å². The maximum absolute atomic E-state index is 15.6. The fraction of sp³-hybridized carbons (Fsp3) is 0.414. The second-order valence-electron chi connectivity index (χ2n) is 10.8. The smallest absolute Gasteiger partial charge is 0.216 e. The molecule has 2 aromatic heterocycles. The van der Waals surface area contributed by atoms with Crippen molar-refractivity contribution in [2.45, 2.75) is 44.9 Å². The van der Waals surface area contributed by atoms with Crippen LogP contribution in [0.4, 0.5) is 4.39 Å². The van der Waals surface area contributed by atoms with Gasteiger partial charge in [0, 0.05) is 29.0 Å². The highest BCUT2D eigenvalue weighted by Crippen LogP contribution is 2.60. The van der Waals surface area contributed by atoms with Crippen LogP contribution in [0.15, 0.2) is 53.1 Å². The minimum atomic E-state index is -0.0717. The van der Waals surface area contributed by atoms with Gasteiger partial charge in [-0.2, -0.15) is 0 Å². The molecular weight excluding hydrogens is 397 g/mol. The van der Waals surface area contributed by atoms with Gasteiger partial charge in [-0.25, -0.2) is 8.96 Å². The third-order valence-corrected chi connectivity index (χ3v) is 8.86. The molecule has 4 fully saturated rings. The van der Waals surface area contributed by atoms with Gasteiger partial charge < -0.3 is 4.42 Å². The first kappa shape index (κ1) is 18.8. The zero-order valence-corrected chi connectivity index (χ0v) is 18.8. The minimum absolute atomic E-state index is 0.0717. The number of aromatic nitrogens is 1. The van der Waals surface area contributed by atoms with E-state index in [-0.39, 0.29) is 5.82 Å². The summed E-state index contributed by atoms with van der Waals surface area (Å²) in [5.74, 6) is 3.43. The lowest BCUT2D eigenvalue weighted by molar-refractivity contribution is -0.660. The standard InChI is InChI=1S/C29H29FNO/c1-16-6-7-21-22-14-23(28-19-10-17-9-18(12-19)13-20(28)11-17)24(30)15-26(22)32-29(21)27(16)25-5-3-4-8-31(25)2/h3-8,14-15,17-20,28H,9-13H2,1-2H3/q+1. The molecule has 0 spiro atoms. The van der Waals surface area contributed by atoms with Crippen molar-refractivity contribution in [3.05, 3.63) is 65.6 Å². The normalized spacial score (nSPS) is 28.8. The summed E-state index contributed by atoms with van der Waals surface area (Å²) in [6.45, 7) is 2.12. The molecule has 4 saturated carbocycles. The number of hydrogen-bond acceptors (Lipinski definition) is 1. The predicted octanol–water partition coefficient (Wildman–Crippen LogP) is 7.06. The fourth-order valence-corrected chi connectivity index (χ4v) is 7.77. The maximum atomic E-state index is 15.6. The van der Waals surface area contributed by atoms with Gasteiger partial charge in [-0.15, -0.1) is 0 Å². The van der Waals surface area contributed by atoms with Gasteiger partial charge >= 0.3 is 0 Å². The highest BCUT2D eigenvalue weighted by atomic mass is 19.1. The molecular formula is C29H29FNO+. The van der Waals surface area contributed by atoms with Crippen LogP contribution in [0.25, 0.3) is 33.2 Å². The third kappa shape index (κ3) is 2.60. The van der Waals surface area contributed by atoms with Crippen LogP contribution in [0.2, 0.25) is 0 Å². The summed E-state index contributed by atoms with van der Waals surface area (Å²) in [6.07, 6.45) is 8.68. The number of halogens is 1. The second-order valence-corrected chi connectivity index (χ2v) is 10.8. The van der Waals surface area contributed by atoms with Gasteiger partial charge in [-0.3, -0.25) is 0 Å². The highest BCUT2D eigenvalue weighted by molar-refractivity contribution is 6.10. The van der Waals surface area contributed by atoms with Gasteiger partial charge in [-0.05, 0) is 91.9 Å². The van der Waals surface area contributed by atoms with Crippen LogP contribution >= 0.6 is 0 Å². The average Bonchev–Trinajstić information content (AvgIpc) is 3.11. The lowest BCUT2D eigenvalue weighted by Crippen LogP contribution is -2.44. The van der Waals surface area contributed by atoms with Crippen LogP contribution in [-0.2, 0) is 7.05 Å². The number of aryl methyl sites for hydroxylation is 2. The van der Waals surface area contributed by atoms with Gasteiger partial charge in [0.05, 0.1) is 5.56 Å². The molecule has 0 saturated heterocycles. The van der Waals surface area contributed by atoms with Gasteiger partial charge in [0.25, 0.3) is 0 Å². The first-order chi connectivity index (χ1) is 15.6. The molecule has 4 bridgehead atoms. The van der Waals surface area contributed by atoms with Crippen LogP contribution in [0.5, 0.6) is 0 Å². The first-order valence-corrected chi connectivity index (χ1v) is 12.2. The van der Waals surface area contributed by atoms with E-state index in [2.05, 4.69) is 55.1 Å². The van der Waals surface area contributed by atoms with E-state index in [1.807, 2.05) is 6.07 Å². The molecule has 2 nitrogen and oxygen atoms in total. The molecule has 0 amide bonds. The largest absolute Gasteiger partial charge is 0.455 e. The Morgan fingerprint density at radius 1 is 0.906 bits per heavy atom. The summed E-state index contributed by atoms with van der Waals surface area (Å²) >= 11 is 0. The third-order valence-electron chi connectivity index (χ3n) is 8.86. The molecule has 0 atom stereocenters. The number of fused-ring (bicyclic) bond motifs is 3. The van der Waals surface area contributed by atoms with E-state index in [9.17, 15) is 0 Å². The Balaban J connectivity index is 1.43. The van der Waals surface area contributed by atoms with Crippen LogP contribution in [0.3, 0.4) is 0 Å². The Kier molecular flexibility index (Phi) is 3.93. The summed E-state index contributed by atoms with van der Waals surface area (Å²) in [4.78, 5) is 0. The van der Waals surface area contributed by atoms with Crippen molar-refractivity contribution in [3.8, 4) is 11.3 Å². The number of nitrogens with zero attached hydrogens (tertiary/aromatic N) is 1. The summed E-state index contributed by atoms with van der Waals surface area (Å²) in [6, 6.07) is 14.3. The quantitative estimate of drug-likeness (QED) is 0.313. The molecule has 4 aromatic rings. The maximum Gasteiger partial charge on any atom is 0.216 e. The van der Waals surface area contributed by atoms with Gasteiger partial charge in [0.1, 0.15) is 24.0 Å². The summed E-state index contributed by atoms with van der Waals surface area (Å²) in [5.41, 5.74) is 5.84. The van der Waals surface area contributed by atoms with Crippen LogP contribution < -0.4 is 4.57 Å². The molecule has 2 heterocycles. The van der Waals surface area contributed by atoms with Crippen molar-refractivity contribution in [2.24, 2.45) is 30.7 Å². The second kappa shape index (κ2) is 6.66. The molecule has 32 heavy (non-hydrogen) atoms. The molecule has 8 rings (SSSR count). The summed E-state index contributed by atoms with van der Waals surface area (Å²) in [5, 5.41) is 2.15. The molecule has 0 radical (unpaired) electrons. The molecule has 4 aliphatic rings. The number of benzene rings is 2. The van der Waals surface area contributed by atoms with Crippen molar-refractivity contribution < 1.29 is 13.4 Å². The SMILES string of the molecule is Cc1ccc2c(oc3cc(F)c(C4C5CC6CC(C5)CC4C6)cc32)c1-c1cccc[n+]1C. The summed E-state index contributed by atoms with van der Waals surface area (Å²) in [7, 11) is 2.06. The van der Waals surface area contributed by atoms with Crippen molar-refractivity contribution in [1.82, 2.24) is 0 Å². The Morgan fingerprint density at radius 3 is 2.38 bits per heavy atom. The lowest BCUT2D eigenvalue weighted by Gasteiger charge is -2.54. The van der Waals surface area contributed by atoms with Crippen LogP contribution in [0.1, 0.15) is 49.1 Å². The highest BCUT2D eigenvalue weighted by Gasteiger charge is 2.49. The Morgan fingerprint density at radius 2 is 1.66 bits per heavy atom. The van der Waals surface area contributed by atoms with E-state index < -0.39 is 0 Å². The molecule has 2 aromatic carbocycles. The molecule has 162 valence electrons. The van der Waals surface area contributed by atoms with Crippen LogP contribution in [-0.4, -0.2) is 0 Å². The summed E-state index contributed by atoms with van der Waals surface area (Å²) < 4.78 is 24.0. The molecule has 4 aliphatic carbocycles. The van der Waals surface area contributed by atoms with E-state index >= 15 is 4.39 Å². The minimum Gasteiger partial charge on any atom is -0.455 e. The zero-order valence-electron chi connectivity index (χ0n) is 18.8. The Bertz CT molecular complexity index is 1360. The van der Waals surface area contributed by atoms with Crippen LogP contribution in [0, 0.1) is 36.4 Å². The number of furan rings is 1. The van der Waals surface area contributed by atoms with Gasteiger partial charge in [0.15, 0.2) is 6.20 Å². The van der Waals surface area contributed by atoms with E-state index in [4.69, 9.17) is 4.42 Å². The molecule has 3 heteroatoms. The fourth-order valence-electron chi connectivity index (χ4n) is 7.77. The van der Waals surface area contributed by atoms with Crippen molar-refractivity contribution >= 4 is 21.9 Å². The molecule has 0 N–H and O–H groups in total. The van der Waals surface area contributed by atoms with Gasteiger partial charge in [-0.1, -0.05) is 12.1 Å². The van der Waals surface area contributed by atoms with E-state index in [0.717, 1.165) is 45.0 Å². The monoisotopic (exact) mass is 426 g/mol. The first-order valence-electron chi connectivity index (χ1n) is 12.2. The predicted molar refractivity (Wildman–Crippen MR) is 125 cm³/mol. The lowest BCUT2D eigenvalue weighted by atomic mass is 9.50. The zero-order chi connectivity index (χ0) is 21.6. The Labute approximate surface area is 188 Å². The Hall–Kier alpha value is -2.68. The van der Waals surface area contributed by atoms with E-state index in [1.165, 1.54) is 37.7 Å². The van der Waals surface area contributed by atoms with Gasteiger partial charge in [0.2, 0.25) is 5.69 Å². The average molecular weight is 427 g/mol. The van der Waals surface area contributed by atoms with E-state index in [1.54, 1.807) is 6.07 Å². The molecule has 0 unspecified atom stereocenters. The van der Waals surface area contributed by atoms with Crippen molar-refractivity contribution in [3.63, 3.8) is 0 Å². The van der Waals surface area contributed by atoms with Crippen molar-refractivity contribution in [1.29, 1.82) is 0 Å². The van der Waals surface area contributed by atoms with Crippen molar-refractivity contribution in [2.75, 3.05) is 0 Å². The number of rotatable bonds is 2. The number of pyridine rings is 1.